The summed E-state index contributed by atoms with van der Waals surface area (Å²) >= 11 is 10.8. The van der Waals surface area contributed by atoms with Gasteiger partial charge in [-0.3, -0.25) is 4.79 Å². The summed E-state index contributed by atoms with van der Waals surface area (Å²) in [5, 5.41) is 8.55. The topological polar surface area (TPSA) is 89.9 Å². The molecule has 2 aromatic carbocycles. The maximum atomic E-state index is 12.2. The highest BCUT2D eigenvalue weighted by molar-refractivity contribution is 8.47. The number of carboxylic acids is 1. The highest BCUT2D eigenvalue weighted by Gasteiger charge is 2.30. The first-order chi connectivity index (χ1) is 18.3. The average Bonchev–Trinajstić information content (AvgIpc) is 3.31. The van der Waals surface area contributed by atoms with Crippen LogP contribution in [0.5, 0.6) is 0 Å². The van der Waals surface area contributed by atoms with Gasteiger partial charge in [-0.05, 0) is 22.6 Å². The van der Waals surface area contributed by atoms with Crippen LogP contribution in [0.4, 0.5) is 0 Å². The SMILES string of the molecule is CCSC(=S)SC(C(=O)O)c1ccccc1.CCSc1sc(-c2ccccc2)c(C(=O)OC)c1C(=O)OC. The largest absolute Gasteiger partial charge is 0.480 e. The van der Waals surface area contributed by atoms with Gasteiger partial charge in [0.1, 0.15) is 8.78 Å². The fourth-order valence-electron chi connectivity index (χ4n) is 3.16. The summed E-state index contributed by atoms with van der Waals surface area (Å²) in [6.07, 6.45) is 0. The molecule has 0 saturated heterocycles. The van der Waals surface area contributed by atoms with Crippen LogP contribution in [0.25, 0.3) is 10.4 Å². The van der Waals surface area contributed by atoms with E-state index in [2.05, 4.69) is 0 Å². The van der Waals surface area contributed by atoms with Crippen LogP contribution in [0, 0.1) is 0 Å². The van der Waals surface area contributed by atoms with E-state index in [0.717, 1.165) is 31.7 Å². The number of aliphatic carboxylic acids is 1. The number of carboxylic acid groups (broad SMARTS) is 1. The maximum absolute atomic E-state index is 12.2. The second-order valence-electron chi connectivity index (χ2n) is 7.18. The molecule has 38 heavy (non-hydrogen) atoms. The Bertz CT molecular complexity index is 1230. The van der Waals surface area contributed by atoms with E-state index < -0.39 is 23.2 Å². The van der Waals surface area contributed by atoms with Gasteiger partial charge in [-0.2, -0.15) is 0 Å². The zero-order chi connectivity index (χ0) is 28.1. The van der Waals surface area contributed by atoms with Crippen molar-refractivity contribution in [1.82, 2.24) is 0 Å². The number of thiophene rings is 1. The van der Waals surface area contributed by atoms with E-state index in [-0.39, 0.29) is 5.56 Å². The van der Waals surface area contributed by atoms with Crippen molar-refractivity contribution in [1.29, 1.82) is 0 Å². The van der Waals surface area contributed by atoms with Crippen molar-refractivity contribution in [2.75, 3.05) is 25.7 Å². The number of benzene rings is 2. The number of carbonyl (C=O) groups is 3. The van der Waals surface area contributed by atoms with E-state index in [9.17, 15) is 14.4 Å². The zero-order valence-corrected chi connectivity index (χ0v) is 25.4. The summed E-state index contributed by atoms with van der Waals surface area (Å²) in [5.41, 5.74) is 2.23. The molecule has 1 atom stereocenters. The fraction of sp³-hybridized carbons (Fsp3) is 0.259. The predicted molar refractivity (Wildman–Crippen MR) is 164 cm³/mol. The monoisotopic (exact) mass is 608 g/mol. The number of thioether (sulfide) groups is 3. The summed E-state index contributed by atoms with van der Waals surface area (Å²) in [6, 6.07) is 18.6. The van der Waals surface area contributed by atoms with Crippen LogP contribution in [0.1, 0.15) is 45.4 Å². The van der Waals surface area contributed by atoms with Crippen molar-refractivity contribution in [3.8, 4) is 10.4 Å². The Kier molecular flexibility index (Phi) is 13.9. The molecule has 0 radical (unpaired) electrons. The van der Waals surface area contributed by atoms with Gasteiger partial charge in [0, 0.05) is 0 Å². The molecule has 1 unspecified atom stereocenters. The van der Waals surface area contributed by atoms with E-state index in [1.165, 1.54) is 60.8 Å². The lowest BCUT2D eigenvalue weighted by atomic mass is 10.1. The van der Waals surface area contributed by atoms with Crippen molar-refractivity contribution in [3.05, 3.63) is 77.4 Å². The van der Waals surface area contributed by atoms with E-state index in [4.69, 9.17) is 26.8 Å². The molecular formula is C27H28O6S5. The summed E-state index contributed by atoms with van der Waals surface area (Å²) in [7, 11) is 2.62. The van der Waals surface area contributed by atoms with Crippen LogP contribution < -0.4 is 0 Å². The van der Waals surface area contributed by atoms with Crippen LogP contribution >= 0.6 is 58.8 Å². The lowest BCUT2D eigenvalue weighted by Crippen LogP contribution is -2.11. The average molecular weight is 609 g/mol. The number of methoxy groups -OCH3 is 2. The standard InChI is InChI=1S/C16H16O4S2.C11H12O2S3/c1-4-21-16-12(15(18)20-3)11(14(17)19-2)13(22-16)10-8-6-5-7-9-10;1-2-15-11(14)16-9(10(12)13)8-6-4-3-5-7-8/h5-9H,4H2,1-3H3;3-7,9H,2H2,1H3,(H,12,13). The van der Waals surface area contributed by atoms with Crippen LogP contribution in [0.3, 0.4) is 0 Å². The van der Waals surface area contributed by atoms with Crippen molar-refractivity contribution in [2.45, 2.75) is 23.3 Å². The smallest absolute Gasteiger partial charge is 0.340 e. The van der Waals surface area contributed by atoms with Gasteiger partial charge in [-0.25, -0.2) is 9.59 Å². The lowest BCUT2D eigenvalue weighted by molar-refractivity contribution is -0.136. The van der Waals surface area contributed by atoms with Gasteiger partial charge in [0.2, 0.25) is 0 Å². The molecule has 1 aromatic heterocycles. The third-order valence-electron chi connectivity index (χ3n) is 4.77. The Morgan fingerprint density at radius 2 is 1.45 bits per heavy atom. The minimum absolute atomic E-state index is 0.279. The van der Waals surface area contributed by atoms with Crippen molar-refractivity contribution in [2.24, 2.45) is 0 Å². The van der Waals surface area contributed by atoms with E-state index in [1.54, 1.807) is 0 Å². The first-order valence-corrected chi connectivity index (χ1v) is 15.5. The van der Waals surface area contributed by atoms with Gasteiger partial charge in [0.15, 0.2) is 0 Å². The quantitative estimate of drug-likeness (QED) is 0.148. The zero-order valence-electron chi connectivity index (χ0n) is 21.3. The number of carbonyl (C=O) groups excluding carboxylic acids is 2. The van der Waals surface area contributed by atoms with Crippen LogP contribution in [0.2, 0.25) is 0 Å². The van der Waals surface area contributed by atoms with Gasteiger partial charge in [0.05, 0.1) is 34.4 Å². The first kappa shape index (κ1) is 31.9. The number of hydrogen-bond donors (Lipinski definition) is 1. The molecule has 1 heterocycles. The van der Waals surface area contributed by atoms with Crippen LogP contribution in [0.15, 0.2) is 64.9 Å². The number of ether oxygens (including phenoxy) is 2. The molecule has 0 amide bonds. The second kappa shape index (κ2) is 16.6. The highest BCUT2D eigenvalue weighted by Crippen LogP contribution is 2.42. The van der Waals surface area contributed by atoms with Crippen LogP contribution in [-0.2, 0) is 14.3 Å². The van der Waals surface area contributed by atoms with Gasteiger partial charge < -0.3 is 14.6 Å². The molecule has 3 aromatic rings. The van der Waals surface area contributed by atoms with Crippen molar-refractivity contribution >= 4 is 80.3 Å². The molecule has 0 aliphatic carbocycles. The predicted octanol–water partition coefficient (Wildman–Crippen LogP) is 7.68. The second-order valence-corrected chi connectivity index (χ2v) is 13.3. The molecule has 0 aliphatic rings. The van der Waals surface area contributed by atoms with Crippen molar-refractivity contribution in [3.63, 3.8) is 0 Å². The van der Waals surface area contributed by atoms with Crippen molar-refractivity contribution < 1.29 is 29.0 Å². The molecule has 1 N–H and O–H groups in total. The Labute approximate surface area is 244 Å². The molecule has 0 saturated carbocycles. The summed E-state index contributed by atoms with van der Waals surface area (Å²) in [5.74, 6) is -0.241. The van der Waals surface area contributed by atoms with E-state index >= 15 is 0 Å². The summed E-state index contributed by atoms with van der Waals surface area (Å²) in [4.78, 5) is 36.3. The molecule has 6 nitrogen and oxygen atoms in total. The molecular weight excluding hydrogens is 581 g/mol. The van der Waals surface area contributed by atoms with Gasteiger partial charge in [-0.15, -0.1) is 34.9 Å². The minimum atomic E-state index is -0.852. The first-order valence-electron chi connectivity index (χ1n) is 11.4. The molecule has 0 fully saturated rings. The lowest BCUT2D eigenvalue weighted by Gasteiger charge is -2.12. The Hall–Kier alpha value is -2.31. The highest BCUT2D eigenvalue weighted by atomic mass is 32.2. The molecule has 3 rings (SSSR count). The fourth-order valence-corrected chi connectivity index (χ4v) is 7.98. The normalized spacial score (nSPS) is 11.1. The van der Waals surface area contributed by atoms with E-state index in [0.29, 0.717) is 9.09 Å². The maximum Gasteiger partial charge on any atom is 0.340 e. The molecule has 0 aliphatic heterocycles. The Morgan fingerprint density at radius 1 is 0.895 bits per heavy atom. The number of esters is 2. The van der Waals surface area contributed by atoms with Gasteiger partial charge in [-0.1, -0.05) is 98.5 Å². The number of thiocarbonyl (C=S) groups is 1. The molecule has 202 valence electrons. The Balaban J connectivity index is 0.000000281. The molecule has 0 bridgehead atoms. The number of hydrogen-bond acceptors (Lipinski definition) is 10. The van der Waals surface area contributed by atoms with Gasteiger partial charge in [0.25, 0.3) is 0 Å². The molecule has 0 spiro atoms. The Morgan fingerprint density at radius 3 is 1.95 bits per heavy atom. The van der Waals surface area contributed by atoms with Gasteiger partial charge >= 0.3 is 17.9 Å². The summed E-state index contributed by atoms with van der Waals surface area (Å²) < 4.78 is 11.2. The number of rotatable bonds is 9. The van der Waals surface area contributed by atoms with E-state index in [1.807, 2.05) is 74.5 Å². The van der Waals surface area contributed by atoms with Crippen LogP contribution in [-0.4, -0.2) is 52.3 Å². The summed E-state index contributed by atoms with van der Waals surface area (Å²) in [6.45, 7) is 3.99. The molecule has 11 heteroatoms. The third kappa shape index (κ3) is 8.88. The third-order valence-corrected chi connectivity index (χ3v) is 9.87. The minimum Gasteiger partial charge on any atom is -0.480 e.